The fourth-order valence-electron chi connectivity index (χ4n) is 2.91. The van der Waals surface area contributed by atoms with E-state index in [2.05, 4.69) is 10.6 Å². The molecule has 1 heterocycles. The number of anilines is 3. The molecule has 1 fully saturated rings. The summed E-state index contributed by atoms with van der Waals surface area (Å²) < 4.78 is 39.1. The van der Waals surface area contributed by atoms with Crippen LogP contribution in [0.1, 0.15) is 15.9 Å². The first-order valence-electron chi connectivity index (χ1n) is 8.52. The van der Waals surface area contributed by atoms with Crippen molar-refractivity contribution < 1.29 is 22.8 Å². The highest BCUT2D eigenvalue weighted by Crippen LogP contribution is 2.35. The minimum absolute atomic E-state index is 0.0628. The van der Waals surface area contributed by atoms with Crippen LogP contribution in [0.15, 0.2) is 42.5 Å². The first-order chi connectivity index (χ1) is 13.2. The van der Waals surface area contributed by atoms with Crippen LogP contribution in [0.3, 0.4) is 0 Å². The van der Waals surface area contributed by atoms with E-state index in [1.165, 1.54) is 18.2 Å². The van der Waals surface area contributed by atoms with Gasteiger partial charge >= 0.3 is 12.2 Å². The molecule has 1 aliphatic rings. The van der Waals surface area contributed by atoms with E-state index in [1.54, 1.807) is 36.0 Å². The van der Waals surface area contributed by atoms with Crippen molar-refractivity contribution in [1.29, 1.82) is 0 Å². The molecular weight excluding hydrogens is 373 g/mol. The molecule has 28 heavy (non-hydrogen) atoms. The Balaban J connectivity index is 1.83. The summed E-state index contributed by atoms with van der Waals surface area (Å²) in [5.41, 5.74) is 0.577. The number of amides is 3. The first kappa shape index (κ1) is 19.5. The molecule has 1 aliphatic heterocycles. The smallest absolute Gasteiger partial charge is 0.376 e. The van der Waals surface area contributed by atoms with Crippen LogP contribution in [0, 0.1) is 0 Å². The molecule has 0 unspecified atom stereocenters. The molecule has 148 valence electrons. The lowest BCUT2D eigenvalue weighted by molar-refractivity contribution is -0.137. The maximum atomic E-state index is 13.0. The van der Waals surface area contributed by atoms with E-state index in [9.17, 15) is 22.8 Å². The lowest BCUT2D eigenvalue weighted by atomic mass is 10.1. The lowest BCUT2D eigenvalue weighted by Gasteiger charge is -2.20. The highest BCUT2D eigenvalue weighted by Gasteiger charge is 2.31. The lowest BCUT2D eigenvalue weighted by Crippen LogP contribution is -2.27. The number of nitrogens with one attached hydrogen (secondary N) is 2. The van der Waals surface area contributed by atoms with Crippen LogP contribution in [0.4, 0.5) is 35.0 Å². The zero-order valence-electron chi connectivity index (χ0n) is 15.3. The molecule has 0 aromatic heterocycles. The largest absolute Gasteiger partial charge is 0.416 e. The third-order valence-electron chi connectivity index (χ3n) is 4.35. The van der Waals surface area contributed by atoms with Gasteiger partial charge < -0.3 is 15.5 Å². The van der Waals surface area contributed by atoms with Crippen LogP contribution < -0.4 is 20.4 Å². The van der Waals surface area contributed by atoms with Crippen LogP contribution in [0.2, 0.25) is 0 Å². The Morgan fingerprint density at radius 2 is 1.82 bits per heavy atom. The number of carbonyl (C=O) groups is 2. The van der Waals surface area contributed by atoms with Gasteiger partial charge in [0.2, 0.25) is 0 Å². The molecule has 3 rings (SSSR count). The number of urea groups is 1. The van der Waals surface area contributed by atoms with E-state index in [4.69, 9.17) is 0 Å². The van der Waals surface area contributed by atoms with Crippen LogP contribution >= 0.6 is 0 Å². The maximum absolute atomic E-state index is 13.0. The minimum atomic E-state index is -4.51. The van der Waals surface area contributed by atoms with Crippen LogP contribution in [-0.2, 0) is 6.18 Å². The molecule has 2 aromatic carbocycles. The summed E-state index contributed by atoms with van der Waals surface area (Å²) in [5, 5.41) is 5.23. The average molecular weight is 392 g/mol. The number of benzene rings is 2. The number of alkyl halides is 3. The van der Waals surface area contributed by atoms with Gasteiger partial charge in [0.15, 0.2) is 0 Å². The fraction of sp³-hybridized carbons (Fsp3) is 0.263. The number of nitrogens with zero attached hydrogens (tertiary/aromatic N) is 2. The van der Waals surface area contributed by atoms with Crippen LogP contribution in [-0.4, -0.2) is 39.1 Å². The predicted octanol–water partition coefficient (Wildman–Crippen LogP) is 3.55. The topological polar surface area (TPSA) is 64.7 Å². The Morgan fingerprint density at radius 3 is 2.36 bits per heavy atom. The van der Waals surface area contributed by atoms with E-state index in [0.717, 1.165) is 12.1 Å². The molecule has 2 N–H and O–H groups in total. The van der Waals surface area contributed by atoms with Crippen molar-refractivity contribution in [3.05, 3.63) is 53.6 Å². The van der Waals surface area contributed by atoms with Crippen molar-refractivity contribution in [2.24, 2.45) is 0 Å². The zero-order chi connectivity index (χ0) is 20.5. The minimum Gasteiger partial charge on any atom is -0.376 e. The second-order valence-electron chi connectivity index (χ2n) is 6.51. The van der Waals surface area contributed by atoms with Crippen molar-refractivity contribution in [3.8, 4) is 0 Å². The summed E-state index contributed by atoms with van der Waals surface area (Å²) in [4.78, 5) is 27.4. The van der Waals surface area contributed by atoms with Crippen molar-refractivity contribution in [3.63, 3.8) is 0 Å². The van der Waals surface area contributed by atoms with E-state index >= 15 is 0 Å². The monoisotopic (exact) mass is 392 g/mol. The molecule has 0 bridgehead atoms. The molecule has 1 saturated heterocycles. The number of halogens is 3. The zero-order valence-corrected chi connectivity index (χ0v) is 15.3. The van der Waals surface area contributed by atoms with Gasteiger partial charge in [0, 0.05) is 38.4 Å². The molecule has 9 heteroatoms. The van der Waals surface area contributed by atoms with Crippen molar-refractivity contribution in [2.45, 2.75) is 6.18 Å². The summed E-state index contributed by atoms with van der Waals surface area (Å²) >= 11 is 0. The third kappa shape index (κ3) is 4.03. The van der Waals surface area contributed by atoms with Gasteiger partial charge in [-0.15, -0.1) is 0 Å². The van der Waals surface area contributed by atoms with Crippen molar-refractivity contribution >= 4 is 29.0 Å². The highest BCUT2D eigenvalue weighted by atomic mass is 19.4. The van der Waals surface area contributed by atoms with E-state index in [-0.39, 0.29) is 17.3 Å². The Labute approximate surface area is 159 Å². The van der Waals surface area contributed by atoms with E-state index in [1.807, 2.05) is 0 Å². The summed E-state index contributed by atoms with van der Waals surface area (Å²) in [6.45, 7) is 1.07. The van der Waals surface area contributed by atoms with Gasteiger partial charge in [0.25, 0.3) is 5.91 Å². The van der Waals surface area contributed by atoms with Crippen LogP contribution in [0.5, 0.6) is 0 Å². The number of hydrogen-bond acceptors (Lipinski definition) is 3. The molecule has 0 spiro atoms. The number of carbonyl (C=O) groups excluding carboxylic acids is 2. The summed E-state index contributed by atoms with van der Waals surface area (Å²) in [6.07, 6.45) is -4.51. The molecule has 3 amide bonds. The molecular formula is C19H19F3N4O2. The van der Waals surface area contributed by atoms with Gasteiger partial charge in [-0.2, -0.15) is 13.2 Å². The Hall–Kier alpha value is -3.23. The van der Waals surface area contributed by atoms with Gasteiger partial charge in [-0.3, -0.25) is 9.69 Å². The third-order valence-corrected chi connectivity index (χ3v) is 4.35. The van der Waals surface area contributed by atoms with Gasteiger partial charge in [-0.1, -0.05) is 0 Å². The van der Waals surface area contributed by atoms with E-state index < -0.39 is 17.6 Å². The molecule has 0 radical (unpaired) electrons. The Bertz CT molecular complexity index is 895. The number of rotatable bonds is 4. The summed E-state index contributed by atoms with van der Waals surface area (Å²) in [7, 11) is 3.35. The molecule has 0 saturated carbocycles. The highest BCUT2D eigenvalue weighted by molar-refractivity contribution is 6.06. The SMILES string of the molecule is CN(C)c1ccc(C(F)(F)F)cc1NC(=O)c1ccc(N2CCNC2=O)cc1. The second-order valence-corrected chi connectivity index (χ2v) is 6.51. The van der Waals surface area contributed by atoms with E-state index in [0.29, 0.717) is 24.5 Å². The average Bonchev–Trinajstić information content (AvgIpc) is 3.06. The normalized spacial score (nSPS) is 14.0. The fourth-order valence-corrected chi connectivity index (χ4v) is 2.91. The van der Waals surface area contributed by atoms with Gasteiger partial charge in [-0.05, 0) is 42.5 Å². The molecule has 6 nitrogen and oxygen atoms in total. The van der Waals surface area contributed by atoms with Gasteiger partial charge in [0.05, 0.1) is 16.9 Å². The van der Waals surface area contributed by atoms with Crippen molar-refractivity contribution in [2.75, 3.05) is 42.3 Å². The first-order valence-corrected chi connectivity index (χ1v) is 8.52. The van der Waals surface area contributed by atoms with Crippen molar-refractivity contribution in [1.82, 2.24) is 5.32 Å². The number of hydrogen-bond donors (Lipinski definition) is 2. The van der Waals surface area contributed by atoms with Gasteiger partial charge in [-0.25, -0.2) is 4.79 Å². The maximum Gasteiger partial charge on any atom is 0.416 e. The second kappa shape index (κ2) is 7.41. The Morgan fingerprint density at radius 1 is 1.14 bits per heavy atom. The Kier molecular flexibility index (Phi) is 5.17. The van der Waals surface area contributed by atoms with Crippen LogP contribution in [0.25, 0.3) is 0 Å². The summed E-state index contributed by atoms with van der Waals surface area (Å²) in [6, 6.07) is 9.29. The molecule has 0 atom stereocenters. The molecule has 2 aromatic rings. The quantitative estimate of drug-likeness (QED) is 0.836. The molecule has 0 aliphatic carbocycles. The van der Waals surface area contributed by atoms with Gasteiger partial charge in [0.1, 0.15) is 0 Å². The summed E-state index contributed by atoms with van der Waals surface area (Å²) in [5.74, 6) is -0.542. The predicted molar refractivity (Wildman–Crippen MR) is 101 cm³/mol. The standard InChI is InChI=1S/C19H19F3N4O2/c1-25(2)16-8-5-13(19(20,21)22)11-15(16)24-17(27)12-3-6-14(7-4-12)26-10-9-23-18(26)28/h3-8,11H,9-10H2,1-2H3,(H,23,28)(H,24,27).